The topological polar surface area (TPSA) is 51.1 Å². The summed E-state index contributed by atoms with van der Waals surface area (Å²) in [5.74, 6) is -0.479. The minimum atomic E-state index is -4.74. The highest BCUT2D eigenvalue weighted by Gasteiger charge is 2.31. The van der Waals surface area contributed by atoms with E-state index in [0.717, 1.165) is 38.0 Å². The van der Waals surface area contributed by atoms with Crippen LogP contribution in [0.5, 0.6) is 5.75 Å². The lowest BCUT2D eigenvalue weighted by atomic mass is 9.88. The standard InChI is InChI=1S/C23H25F3N2O3/c1-2-30-27-15-17-3-5-18(6-4-17)16-28-13-11-20(12-14-28)22(29)19-7-9-21(10-8-19)31-23(24,25)26/h3-10,15,20H,2,11-14,16H2,1H3/b27-15+. The van der Waals surface area contributed by atoms with Crippen molar-refractivity contribution >= 4 is 12.0 Å². The average molecular weight is 434 g/mol. The van der Waals surface area contributed by atoms with Gasteiger partial charge in [0.25, 0.3) is 0 Å². The van der Waals surface area contributed by atoms with Crippen LogP contribution >= 0.6 is 0 Å². The lowest BCUT2D eigenvalue weighted by molar-refractivity contribution is -0.274. The molecule has 0 aliphatic carbocycles. The number of carbonyl (C=O) groups excluding carboxylic acids is 1. The number of hydrogen-bond acceptors (Lipinski definition) is 5. The quantitative estimate of drug-likeness (QED) is 0.331. The number of benzene rings is 2. The van der Waals surface area contributed by atoms with Crippen molar-refractivity contribution in [3.63, 3.8) is 0 Å². The minimum absolute atomic E-state index is 0.0313. The van der Waals surface area contributed by atoms with Gasteiger partial charge < -0.3 is 9.57 Å². The Hall–Kier alpha value is -2.87. The van der Waals surface area contributed by atoms with E-state index < -0.39 is 6.36 Å². The molecule has 1 heterocycles. The maximum absolute atomic E-state index is 12.7. The van der Waals surface area contributed by atoms with Gasteiger partial charge in [0, 0.05) is 18.0 Å². The van der Waals surface area contributed by atoms with E-state index in [9.17, 15) is 18.0 Å². The summed E-state index contributed by atoms with van der Waals surface area (Å²) < 4.78 is 40.6. The molecule has 1 aliphatic heterocycles. The van der Waals surface area contributed by atoms with Crippen molar-refractivity contribution in [2.75, 3.05) is 19.7 Å². The first-order valence-corrected chi connectivity index (χ1v) is 10.2. The van der Waals surface area contributed by atoms with Crippen LogP contribution in [0.1, 0.15) is 41.3 Å². The molecule has 8 heteroatoms. The third-order valence-electron chi connectivity index (χ3n) is 5.12. The molecule has 0 bridgehead atoms. The third kappa shape index (κ3) is 7.10. The van der Waals surface area contributed by atoms with Crippen LogP contribution < -0.4 is 4.74 Å². The maximum atomic E-state index is 12.7. The molecule has 5 nitrogen and oxygen atoms in total. The smallest absolute Gasteiger partial charge is 0.406 e. The number of Topliss-reactive ketones (excluding diaryl/α,β-unsaturated/α-hetero) is 1. The second-order valence-corrected chi connectivity index (χ2v) is 7.38. The van der Waals surface area contributed by atoms with Crippen LogP contribution in [0.3, 0.4) is 0 Å². The van der Waals surface area contributed by atoms with Crippen molar-refractivity contribution in [2.24, 2.45) is 11.1 Å². The van der Waals surface area contributed by atoms with E-state index in [-0.39, 0.29) is 17.5 Å². The molecular formula is C23H25F3N2O3. The fourth-order valence-corrected chi connectivity index (χ4v) is 3.55. The molecule has 0 aromatic heterocycles. The van der Waals surface area contributed by atoms with Gasteiger partial charge in [0.05, 0.1) is 6.21 Å². The van der Waals surface area contributed by atoms with Gasteiger partial charge in [-0.2, -0.15) is 0 Å². The Bertz CT molecular complexity index is 872. The lowest BCUT2D eigenvalue weighted by Gasteiger charge is -2.31. The molecule has 1 fully saturated rings. The van der Waals surface area contributed by atoms with Crippen molar-refractivity contribution in [3.8, 4) is 5.75 Å². The average Bonchev–Trinajstić information content (AvgIpc) is 2.75. The molecule has 0 N–H and O–H groups in total. The van der Waals surface area contributed by atoms with Gasteiger partial charge in [0.15, 0.2) is 5.78 Å². The van der Waals surface area contributed by atoms with Crippen molar-refractivity contribution in [1.29, 1.82) is 0 Å². The van der Waals surface area contributed by atoms with E-state index in [1.807, 2.05) is 19.1 Å². The summed E-state index contributed by atoms with van der Waals surface area (Å²) in [6.07, 6.45) is -1.63. The van der Waals surface area contributed by atoms with Crippen LogP contribution in [0.15, 0.2) is 53.7 Å². The van der Waals surface area contributed by atoms with E-state index >= 15 is 0 Å². The molecule has 1 saturated heterocycles. The van der Waals surface area contributed by atoms with E-state index in [1.54, 1.807) is 6.21 Å². The number of alkyl halides is 3. The van der Waals surface area contributed by atoms with E-state index in [2.05, 4.69) is 26.9 Å². The number of piperidine rings is 1. The molecule has 0 saturated carbocycles. The van der Waals surface area contributed by atoms with E-state index in [0.29, 0.717) is 12.2 Å². The van der Waals surface area contributed by atoms with Crippen LogP contribution in [0.2, 0.25) is 0 Å². The van der Waals surface area contributed by atoms with Gasteiger partial charge in [-0.05, 0) is 68.2 Å². The summed E-state index contributed by atoms with van der Waals surface area (Å²) in [4.78, 5) is 20.0. The van der Waals surface area contributed by atoms with Crippen LogP contribution in [0, 0.1) is 5.92 Å². The molecule has 2 aromatic rings. The van der Waals surface area contributed by atoms with Crippen molar-refractivity contribution in [1.82, 2.24) is 4.90 Å². The first-order valence-electron chi connectivity index (χ1n) is 10.2. The number of oxime groups is 1. The monoisotopic (exact) mass is 434 g/mol. The summed E-state index contributed by atoms with van der Waals surface area (Å²) >= 11 is 0. The Morgan fingerprint density at radius 3 is 2.32 bits per heavy atom. The number of nitrogens with zero attached hydrogens (tertiary/aromatic N) is 2. The number of hydrogen-bond donors (Lipinski definition) is 0. The second-order valence-electron chi connectivity index (χ2n) is 7.38. The van der Waals surface area contributed by atoms with Gasteiger partial charge in [-0.15, -0.1) is 13.2 Å². The van der Waals surface area contributed by atoms with E-state index in [1.165, 1.54) is 29.8 Å². The van der Waals surface area contributed by atoms with Gasteiger partial charge >= 0.3 is 6.36 Å². The highest BCUT2D eigenvalue weighted by atomic mass is 19.4. The molecule has 0 atom stereocenters. The zero-order chi connectivity index (χ0) is 22.3. The molecule has 1 aliphatic rings. The number of likely N-dealkylation sites (tertiary alicyclic amines) is 1. The Labute approximate surface area is 179 Å². The summed E-state index contributed by atoms with van der Waals surface area (Å²) in [5, 5.41) is 3.85. The van der Waals surface area contributed by atoms with Gasteiger partial charge in [0.2, 0.25) is 0 Å². The Balaban J connectivity index is 1.48. The molecule has 31 heavy (non-hydrogen) atoms. The normalized spacial score (nSPS) is 15.9. The fraction of sp³-hybridized carbons (Fsp3) is 0.391. The van der Waals surface area contributed by atoms with Crippen LogP contribution in [-0.4, -0.2) is 43.0 Å². The Morgan fingerprint density at radius 1 is 1.10 bits per heavy atom. The van der Waals surface area contributed by atoms with Crippen molar-refractivity contribution < 1.29 is 27.5 Å². The van der Waals surface area contributed by atoms with E-state index in [4.69, 9.17) is 4.84 Å². The predicted molar refractivity (Wildman–Crippen MR) is 111 cm³/mol. The maximum Gasteiger partial charge on any atom is 0.573 e. The Kier molecular flexibility index (Phi) is 7.68. The zero-order valence-corrected chi connectivity index (χ0v) is 17.3. The van der Waals surface area contributed by atoms with Crippen molar-refractivity contribution in [3.05, 3.63) is 65.2 Å². The fourth-order valence-electron chi connectivity index (χ4n) is 3.55. The molecule has 0 amide bonds. The summed E-state index contributed by atoms with van der Waals surface area (Å²) in [6, 6.07) is 13.2. The summed E-state index contributed by atoms with van der Waals surface area (Å²) in [5.41, 5.74) is 2.56. The molecule has 3 rings (SSSR count). The molecule has 166 valence electrons. The third-order valence-corrected chi connectivity index (χ3v) is 5.12. The Morgan fingerprint density at radius 2 is 1.74 bits per heavy atom. The number of carbonyl (C=O) groups is 1. The molecule has 0 radical (unpaired) electrons. The number of ketones is 1. The van der Waals surface area contributed by atoms with Crippen LogP contribution in [-0.2, 0) is 11.4 Å². The largest absolute Gasteiger partial charge is 0.573 e. The molecule has 0 unspecified atom stereocenters. The molecule has 2 aromatic carbocycles. The number of halogens is 3. The SMILES string of the molecule is CCO/N=C/c1ccc(CN2CCC(C(=O)c3ccc(OC(F)(F)F)cc3)CC2)cc1. The van der Waals surface area contributed by atoms with Gasteiger partial charge in [-0.25, -0.2) is 0 Å². The molecule has 0 spiro atoms. The van der Waals surface area contributed by atoms with Gasteiger partial charge in [-0.1, -0.05) is 29.4 Å². The van der Waals surface area contributed by atoms with Crippen LogP contribution in [0.4, 0.5) is 13.2 Å². The summed E-state index contributed by atoms with van der Waals surface area (Å²) in [6.45, 7) is 4.79. The van der Waals surface area contributed by atoms with Gasteiger partial charge in [-0.3, -0.25) is 9.69 Å². The molecular weight excluding hydrogens is 409 g/mol. The minimum Gasteiger partial charge on any atom is -0.406 e. The highest BCUT2D eigenvalue weighted by molar-refractivity contribution is 5.98. The lowest BCUT2D eigenvalue weighted by Crippen LogP contribution is -2.35. The van der Waals surface area contributed by atoms with Gasteiger partial charge in [0.1, 0.15) is 12.4 Å². The predicted octanol–water partition coefficient (Wildman–Crippen LogP) is 5.05. The second kappa shape index (κ2) is 10.4. The number of ether oxygens (including phenoxy) is 1. The number of rotatable bonds is 8. The van der Waals surface area contributed by atoms with Crippen LogP contribution in [0.25, 0.3) is 0 Å². The zero-order valence-electron chi connectivity index (χ0n) is 17.3. The highest BCUT2D eigenvalue weighted by Crippen LogP contribution is 2.26. The summed E-state index contributed by atoms with van der Waals surface area (Å²) in [7, 11) is 0. The first-order chi connectivity index (χ1) is 14.8. The van der Waals surface area contributed by atoms with Crippen molar-refractivity contribution in [2.45, 2.75) is 32.7 Å². The first kappa shape index (κ1) is 22.8.